The van der Waals surface area contributed by atoms with Gasteiger partial charge in [-0.3, -0.25) is 15.0 Å². The first kappa shape index (κ1) is 22.2. The van der Waals surface area contributed by atoms with Gasteiger partial charge in [0, 0.05) is 6.54 Å². The molecule has 0 aliphatic rings. The number of carbonyl (C=O) groups is 1. The standard InChI is InChI=1S/C16H23N5O5S/c1-2-3-11-26-12-6-8-13(9-7-12)27(24,25)21-14(15(22)20-23)5-4-10-19-16(17)18/h6-9,14,21,23H,4-5,10-11H2,1H3,(H,20,22)(H4,17,18,19). The Morgan fingerprint density at radius 3 is 2.56 bits per heavy atom. The molecule has 0 aliphatic carbocycles. The molecule has 1 aromatic carbocycles. The number of amides is 1. The summed E-state index contributed by atoms with van der Waals surface area (Å²) in [6.45, 7) is 2.09. The zero-order valence-electron chi connectivity index (χ0n) is 14.8. The number of hydrogen-bond donors (Lipinski definition) is 5. The molecule has 0 radical (unpaired) electrons. The highest BCUT2D eigenvalue weighted by atomic mass is 32.2. The molecule has 0 aromatic heterocycles. The molecule has 0 bridgehead atoms. The number of nitrogens with one attached hydrogen (secondary N) is 2. The molecule has 0 saturated heterocycles. The highest BCUT2D eigenvalue weighted by Crippen LogP contribution is 2.16. The molecule has 10 nitrogen and oxygen atoms in total. The molecule has 1 rings (SSSR count). The molecule has 148 valence electrons. The van der Waals surface area contributed by atoms with E-state index in [2.05, 4.69) is 21.6 Å². The van der Waals surface area contributed by atoms with Crippen LogP contribution in [-0.4, -0.2) is 44.7 Å². The fourth-order valence-corrected chi connectivity index (χ4v) is 3.22. The highest BCUT2D eigenvalue weighted by molar-refractivity contribution is 7.89. The summed E-state index contributed by atoms with van der Waals surface area (Å²) in [5.41, 5.74) is 11.8. The maximum absolute atomic E-state index is 12.5. The summed E-state index contributed by atoms with van der Waals surface area (Å²) in [6, 6.07) is 4.44. The van der Waals surface area contributed by atoms with Crippen molar-refractivity contribution in [3.63, 3.8) is 0 Å². The van der Waals surface area contributed by atoms with E-state index in [1.54, 1.807) is 6.92 Å². The van der Waals surface area contributed by atoms with Gasteiger partial charge in [-0.15, -0.1) is 5.92 Å². The van der Waals surface area contributed by atoms with Gasteiger partial charge in [0.1, 0.15) is 18.4 Å². The molecule has 11 heteroatoms. The lowest BCUT2D eigenvalue weighted by Gasteiger charge is -2.16. The van der Waals surface area contributed by atoms with E-state index in [-0.39, 0.29) is 30.4 Å². The number of rotatable bonds is 10. The van der Waals surface area contributed by atoms with Gasteiger partial charge >= 0.3 is 0 Å². The van der Waals surface area contributed by atoms with Crippen molar-refractivity contribution in [2.24, 2.45) is 16.5 Å². The first-order chi connectivity index (χ1) is 12.8. The maximum Gasteiger partial charge on any atom is 0.261 e. The second-order valence-corrected chi connectivity index (χ2v) is 7.00. The van der Waals surface area contributed by atoms with Crippen molar-refractivity contribution >= 4 is 21.9 Å². The van der Waals surface area contributed by atoms with Crippen molar-refractivity contribution in [1.82, 2.24) is 10.2 Å². The molecule has 1 atom stereocenters. The number of sulfonamides is 1. The van der Waals surface area contributed by atoms with E-state index in [0.717, 1.165) is 0 Å². The van der Waals surface area contributed by atoms with Crippen molar-refractivity contribution in [2.75, 3.05) is 13.2 Å². The number of ether oxygens (including phenoxy) is 1. The summed E-state index contributed by atoms with van der Waals surface area (Å²) in [6.07, 6.45) is 0.406. The second kappa shape index (κ2) is 11.0. The summed E-state index contributed by atoms with van der Waals surface area (Å²) in [5.74, 6) is 4.86. The monoisotopic (exact) mass is 397 g/mol. The normalized spacial score (nSPS) is 11.6. The number of nitrogens with two attached hydrogens (primary N) is 2. The number of aliphatic imine (C=N–C) groups is 1. The highest BCUT2D eigenvalue weighted by Gasteiger charge is 2.25. The topological polar surface area (TPSA) is 169 Å². The van der Waals surface area contributed by atoms with Gasteiger partial charge in [0.2, 0.25) is 10.0 Å². The van der Waals surface area contributed by atoms with Crippen LogP contribution in [0.15, 0.2) is 34.2 Å². The molecule has 0 spiro atoms. The van der Waals surface area contributed by atoms with E-state index >= 15 is 0 Å². The Bertz CT molecular complexity index is 808. The van der Waals surface area contributed by atoms with Gasteiger partial charge in [0.15, 0.2) is 5.96 Å². The van der Waals surface area contributed by atoms with E-state index in [9.17, 15) is 13.2 Å². The van der Waals surface area contributed by atoms with E-state index in [4.69, 9.17) is 21.4 Å². The third kappa shape index (κ3) is 7.95. The molecule has 0 fully saturated rings. The lowest BCUT2D eigenvalue weighted by Crippen LogP contribution is -2.45. The quantitative estimate of drug-likeness (QED) is 0.0867. The van der Waals surface area contributed by atoms with Gasteiger partial charge in [-0.05, 0) is 44.0 Å². The SMILES string of the molecule is CC#CCOc1ccc(S(=O)(=O)NC(CCCN=C(N)N)C(=O)NO)cc1. The molecule has 0 heterocycles. The van der Waals surface area contributed by atoms with Crippen LogP contribution in [0.5, 0.6) is 5.75 Å². The number of guanidine groups is 1. The summed E-state index contributed by atoms with van der Waals surface area (Å²) < 4.78 is 32.5. The van der Waals surface area contributed by atoms with Crippen molar-refractivity contribution in [1.29, 1.82) is 0 Å². The van der Waals surface area contributed by atoms with Gasteiger partial charge < -0.3 is 16.2 Å². The van der Waals surface area contributed by atoms with Crippen LogP contribution in [0.1, 0.15) is 19.8 Å². The van der Waals surface area contributed by atoms with Crippen LogP contribution in [0.2, 0.25) is 0 Å². The van der Waals surface area contributed by atoms with E-state index in [1.165, 1.54) is 29.7 Å². The number of carbonyl (C=O) groups excluding carboxylic acids is 1. The Morgan fingerprint density at radius 1 is 1.33 bits per heavy atom. The minimum absolute atomic E-state index is 0.0589. The number of hydroxylamine groups is 1. The Kier molecular flexibility index (Phi) is 9.07. The first-order valence-electron chi connectivity index (χ1n) is 7.94. The number of nitrogens with zero attached hydrogens (tertiary/aromatic N) is 1. The largest absolute Gasteiger partial charge is 0.481 e. The maximum atomic E-state index is 12.5. The lowest BCUT2D eigenvalue weighted by atomic mass is 10.1. The predicted octanol–water partition coefficient (Wildman–Crippen LogP) is -0.705. The predicted molar refractivity (Wildman–Crippen MR) is 99.3 cm³/mol. The van der Waals surface area contributed by atoms with Crippen LogP contribution in [0.25, 0.3) is 0 Å². The van der Waals surface area contributed by atoms with Gasteiger partial charge in [-0.1, -0.05) is 5.92 Å². The van der Waals surface area contributed by atoms with E-state index in [1.807, 2.05) is 0 Å². The van der Waals surface area contributed by atoms with Crippen molar-refractivity contribution in [3.8, 4) is 17.6 Å². The third-order valence-corrected chi connectivity index (χ3v) is 4.78. The van der Waals surface area contributed by atoms with Crippen LogP contribution in [0, 0.1) is 11.8 Å². The zero-order chi connectivity index (χ0) is 20.3. The molecular weight excluding hydrogens is 374 g/mol. The van der Waals surface area contributed by atoms with Crippen molar-refractivity contribution in [3.05, 3.63) is 24.3 Å². The van der Waals surface area contributed by atoms with Gasteiger partial charge in [0.05, 0.1) is 4.90 Å². The Morgan fingerprint density at radius 2 is 2.00 bits per heavy atom. The lowest BCUT2D eigenvalue weighted by molar-refractivity contribution is -0.131. The summed E-state index contributed by atoms with van der Waals surface area (Å²) in [5, 5.41) is 8.83. The summed E-state index contributed by atoms with van der Waals surface area (Å²) in [4.78, 5) is 15.4. The fourth-order valence-electron chi connectivity index (χ4n) is 1.99. The third-order valence-electron chi connectivity index (χ3n) is 3.29. The Hall–Kier alpha value is -2.81. The first-order valence-corrected chi connectivity index (χ1v) is 9.42. The molecule has 1 unspecified atom stereocenters. The van der Waals surface area contributed by atoms with Crippen molar-refractivity contribution in [2.45, 2.75) is 30.7 Å². The second-order valence-electron chi connectivity index (χ2n) is 5.29. The minimum Gasteiger partial charge on any atom is -0.481 e. The molecule has 27 heavy (non-hydrogen) atoms. The molecule has 7 N–H and O–H groups in total. The van der Waals surface area contributed by atoms with Gasteiger partial charge in [-0.2, -0.15) is 4.72 Å². The van der Waals surface area contributed by atoms with E-state index < -0.39 is 22.0 Å². The average Bonchev–Trinajstić information content (AvgIpc) is 2.64. The number of benzene rings is 1. The summed E-state index contributed by atoms with van der Waals surface area (Å²) in [7, 11) is -4.00. The summed E-state index contributed by atoms with van der Waals surface area (Å²) >= 11 is 0. The smallest absolute Gasteiger partial charge is 0.261 e. The van der Waals surface area contributed by atoms with E-state index in [0.29, 0.717) is 12.2 Å². The molecule has 1 amide bonds. The van der Waals surface area contributed by atoms with Crippen LogP contribution < -0.4 is 26.4 Å². The van der Waals surface area contributed by atoms with Gasteiger partial charge in [0.25, 0.3) is 5.91 Å². The van der Waals surface area contributed by atoms with Crippen LogP contribution in [0.4, 0.5) is 0 Å². The fraction of sp³-hybridized carbons (Fsp3) is 0.375. The molecule has 1 aromatic rings. The molecule has 0 aliphatic heterocycles. The molecular formula is C16H23N5O5S. The number of hydrogen-bond acceptors (Lipinski definition) is 6. The molecule has 0 saturated carbocycles. The average molecular weight is 397 g/mol. The zero-order valence-corrected chi connectivity index (χ0v) is 15.6. The Balaban J connectivity index is 2.81. The van der Waals surface area contributed by atoms with Crippen LogP contribution >= 0.6 is 0 Å². The van der Waals surface area contributed by atoms with Crippen LogP contribution in [0.3, 0.4) is 0 Å². The Labute approximate surface area is 158 Å². The van der Waals surface area contributed by atoms with Crippen molar-refractivity contribution < 1.29 is 23.2 Å². The minimum atomic E-state index is -4.00. The van der Waals surface area contributed by atoms with Crippen LogP contribution in [-0.2, 0) is 14.8 Å². The van der Waals surface area contributed by atoms with Gasteiger partial charge in [-0.25, -0.2) is 13.9 Å².